The summed E-state index contributed by atoms with van der Waals surface area (Å²) in [5.74, 6) is 0.975. The second-order valence-corrected chi connectivity index (χ2v) is 5.18. The molecule has 1 N–H and O–H groups in total. The van der Waals surface area contributed by atoms with Crippen LogP contribution in [0.4, 0.5) is 0 Å². The lowest BCUT2D eigenvalue weighted by Crippen LogP contribution is -2.29. The summed E-state index contributed by atoms with van der Waals surface area (Å²) in [6, 6.07) is 7.23. The molecule has 18 heavy (non-hydrogen) atoms. The Kier molecular flexibility index (Phi) is 6.20. The molecule has 0 spiro atoms. The molecule has 1 aromatic carbocycles. The fourth-order valence-corrected chi connectivity index (χ4v) is 2.30. The second-order valence-electron chi connectivity index (χ2n) is 5.18. The van der Waals surface area contributed by atoms with Crippen molar-refractivity contribution in [2.24, 2.45) is 0 Å². The normalized spacial score (nSPS) is 14.3. The maximum atomic E-state index is 5.44. The highest BCUT2D eigenvalue weighted by Crippen LogP contribution is 2.26. The predicted octanol–water partition coefficient (Wildman–Crippen LogP) is 4.23. The van der Waals surface area contributed by atoms with Gasteiger partial charge in [0.15, 0.2) is 0 Å². The first-order chi connectivity index (χ1) is 8.58. The molecule has 2 unspecified atom stereocenters. The summed E-state index contributed by atoms with van der Waals surface area (Å²) in [6.45, 7) is 8.82. The van der Waals surface area contributed by atoms with Gasteiger partial charge in [-0.05, 0) is 33.3 Å². The zero-order valence-electron chi connectivity index (χ0n) is 12.4. The lowest BCUT2D eigenvalue weighted by Gasteiger charge is -2.22. The molecular weight excluding hydrogens is 222 g/mol. The van der Waals surface area contributed by atoms with E-state index in [9.17, 15) is 0 Å². The van der Waals surface area contributed by atoms with E-state index in [1.165, 1.54) is 30.4 Å². The van der Waals surface area contributed by atoms with Crippen LogP contribution in [0.15, 0.2) is 18.2 Å². The molecule has 1 rings (SSSR count). The zero-order chi connectivity index (χ0) is 13.5. The topological polar surface area (TPSA) is 21.3 Å². The van der Waals surface area contributed by atoms with Gasteiger partial charge in [-0.15, -0.1) is 0 Å². The van der Waals surface area contributed by atoms with Crippen molar-refractivity contribution < 1.29 is 4.74 Å². The summed E-state index contributed by atoms with van der Waals surface area (Å²) in [5, 5.41) is 3.65. The number of hydrogen-bond donors (Lipinski definition) is 1. The lowest BCUT2D eigenvalue weighted by molar-refractivity contribution is 0.390. The molecule has 2 heteroatoms. The Balaban J connectivity index is 2.70. The molecule has 0 aliphatic heterocycles. The van der Waals surface area contributed by atoms with Gasteiger partial charge >= 0.3 is 0 Å². The van der Waals surface area contributed by atoms with Crippen LogP contribution >= 0.6 is 0 Å². The van der Waals surface area contributed by atoms with E-state index in [-0.39, 0.29) is 0 Å². The van der Waals surface area contributed by atoms with Gasteiger partial charge in [-0.1, -0.05) is 37.5 Å². The van der Waals surface area contributed by atoms with E-state index in [0.717, 1.165) is 5.75 Å². The van der Waals surface area contributed by atoms with Gasteiger partial charge in [-0.25, -0.2) is 0 Å². The smallest absolute Gasteiger partial charge is 0.123 e. The standard InChI is InChI=1S/C16H27NO/c1-6-7-8-13(3)17-14(4)15-11-12(2)9-10-16(15)18-5/h9-11,13-14,17H,6-8H2,1-5H3. The van der Waals surface area contributed by atoms with E-state index in [0.29, 0.717) is 12.1 Å². The SMILES string of the molecule is CCCCC(C)NC(C)c1cc(C)ccc1OC. The van der Waals surface area contributed by atoms with Crippen LogP contribution in [0.1, 0.15) is 57.2 Å². The predicted molar refractivity (Wildman–Crippen MR) is 78.3 cm³/mol. The van der Waals surface area contributed by atoms with Crippen LogP contribution in [-0.4, -0.2) is 13.2 Å². The number of unbranched alkanes of at least 4 members (excludes halogenated alkanes) is 1. The minimum atomic E-state index is 0.326. The van der Waals surface area contributed by atoms with E-state index in [2.05, 4.69) is 51.2 Å². The van der Waals surface area contributed by atoms with E-state index < -0.39 is 0 Å². The Labute approximate surface area is 112 Å². The molecular formula is C16H27NO. The van der Waals surface area contributed by atoms with Crippen molar-refractivity contribution in [3.63, 3.8) is 0 Å². The van der Waals surface area contributed by atoms with Gasteiger partial charge in [0, 0.05) is 17.6 Å². The summed E-state index contributed by atoms with van der Waals surface area (Å²) in [5.41, 5.74) is 2.53. The van der Waals surface area contributed by atoms with Crippen molar-refractivity contribution in [1.82, 2.24) is 5.32 Å². The van der Waals surface area contributed by atoms with E-state index >= 15 is 0 Å². The largest absolute Gasteiger partial charge is 0.496 e. The van der Waals surface area contributed by atoms with E-state index in [1.807, 2.05) is 0 Å². The molecule has 2 nitrogen and oxygen atoms in total. The first kappa shape index (κ1) is 15.0. The summed E-state index contributed by atoms with van der Waals surface area (Å²) in [4.78, 5) is 0. The summed E-state index contributed by atoms with van der Waals surface area (Å²) in [6.07, 6.45) is 3.77. The summed E-state index contributed by atoms with van der Waals surface area (Å²) < 4.78 is 5.44. The molecule has 0 saturated carbocycles. The van der Waals surface area contributed by atoms with Crippen LogP contribution in [0.3, 0.4) is 0 Å². The monoisotopic (exact) mass is 249 g/mol. The molecule has 0 aromatic heterocycles. The van der Waals surface area contributed by atoms with Gasteiger partial charge in [0.1, 0.15) is 5.75 Å². The summed E-state index contributed by atoms with van der Waals surface area (Å²) >= 11 is 0. The van der Waals surface area contributed by atoms with Crippen LogP contribution < -0.4 is 10.1 Å². The Morgan fingerprint density at radius 1 is 1.28 bits per heavy atom. The van der Waals surface area contributed by atoms with E-state index in [4.69, 9.17) is 4.74 Å². The van der Waals surface area contributed by atoms with Crippen LogP contribution in [0.5, 0.6) is 5.75 Å². The van der Waals surface area contributed by atoms with Crippen molar-refractivity contribution >= 4 is 0 Å². The lowest BCUT2D eigenvalue weighted by atomic mass is 10.0. The highest BCUT2D eigenvalue weighted by molar-refractivity contribution is 5.38. The quantitative estimate of drug-likeness (QED) is 0.780. The molecule has 0 saturated heterocycles. The Bertz CT molecular complexity index is 362. The number of ether oxygens (including phenoxy) is 1. The van der Waals surface area contributed by atoms with Crippen LogP contribution in [0.2, 0.25) is 0 Å². The molecule has 0 amide bonds. The maximum Gasteiger partial charge on any atom is 0.123 e. The number of aryl methyl sites for hydroxylation is 1. The highest BCUT2D eigenvalue weighted by Gasteiger charge is 2.13. The van der Waals surface area contributed by atoms with Crippen molar-refractivity contribution in [3.05, 3.63) is 29.3 Å². The van der Waals surface area contributed by atoms with Crippen molar-refractivity contribution in [3.8, 4) is 5.75 Å². The number of methoxy groups -OCH3 is 1. The first-order valence-electron chi connectivity index (χ1n) is 6.99. The fraction of sp³-hybridized carbons (Fsp3) is 0.625. The van der Waals surface area contributed by atoms with Crippen molar-refractivity contribution in [2.75, 3.05) is 7.11 Å². The van der Waals surface area contributed by atoms with Crippen molar-refractivity contribution in [2.45, 2.75) is 59.0 Å². The Hall–Kier alpha value is -1.02. The van der Waals surface area contributed by atoms with Gasteiger partial charge in [0.2, 0.25) is 0 Å². The average Bonchev–Trinajstić information content (AvgIpc) is 2.36. The van der Waals surface area contributed by atoms with Crippen LogP contribution in [0.25, 0.3) is 0 Å². The summed E-state index contributed by atoms with van der Waals surface area (Å²) in [7, 11) is 1.74. The maximum absolute atomic E-state index is 5.44. The minimum absolute atomic E-state index is 0.326. The third kappa shape index (κ3) is 4.34. The minimum Gasteiger partial charge on any atom is -0.496 e. The molecule has 0 aliphatic carbocycles. The second kappa shape index (κ2) is 7.42. The number of hydrogen-bond acceptors (Lipinski definition) is 2. The number of nitrogens with one attached hydrogen (secondary N) is 1. The van der Waals surface area contributed by atoms with Crippen LogP contribution in [0, 0.1) is 6.92 Å². The molecule has 2 atom stereocenters. The van der Waals surface area contributed by atoms with Crippen LogP contribution in [-0.2, 0) is 0 Å². The average molecular weight is 249 g/mol. The van der Waals surface area contributed by atoms with Gasteiger partial charge < -0.3 is 10.1 Å². The van der Waals surface area contributed by atoms with E-state index in [1.54, 1.807) is 7.11 Å². The zero-order valence-corrected chi connectivity index (χ0v) is 12.4. The van der Waals surface area contributed by atoms with Gasteiger partial charge in [-0.3, -0.25) is 0 Å². The molecule has 102 valence electrons. The van der Waals surface area contributed by atoms with Gasteiger partial charge in [-0.2, -0.15) is 0 Å². The third-order valence-electron chi connectivity index (χ3n) is 3.38. The third-order valence-corrected chi connectivity index (χ3v) is 3.38. The molecule has 0 bridgehead atoms. The molecule has 0 fully saturated rings. The highest BCUT2D eigenvalue weighted by atomic mass is 16.5. The molecule has 0 heterocycles. The van der Waals surface area contributed by atoms with Crippen molar-refractivity contribution in [1.29, 1.82) is 0 Å². The molecule has 1 aromatic rings. The molecule has 0 radical (unpaired) electrons. The molecule has 0 aliphatic rings. The Morgan fingerprint density at radius 2 is 2.00 bits per heavy atom. The number of rotatable bonds is 7. The fourth-order valence-electron chi connectivity index (χ4n) is 2.30. The number of benzene rings is 1. The van der Waals surface area contributed by atoms with Gasteiger partial charge in [0.25, 0.3) is 0 Å². The first-order valence-corrected chi connectivity index (χ1v) is 6.99. The Morgan fingerprint density at radius 3 is 2.61 bits per heavy atom. The van der Waals surface area contributed by atoms with Gasteiger partial charge in [0.05, 0.1) is 7.11 Å².